The van der Waals surface area contributed by atoms with Crippen LogP contribution in [0.1, 0.15) is 56.4 Å². The number of carbonyl (C=O) groups excluding carboxylic acids is 1. The zero-order chi connectivity index (χ0) is 19.8. The number of H-pyrrole nitrogens is 1. The zero-order valence-corrected chi connectivity index (χ0v) is 17.3. The number of rotatable bonds is 3. The van der Waals surface area contributed by atoms with Gasteiger partial charge in [-0.05, 0) is 62.1 Å². The Labute approximate surface area is 167 Å². The van der Waals surface area contributed by atoms with E-state index in [1.165, 1.54) is 24.1 Å². The van der Waals surface area contributed by atoms with Gasteiger partial charge in [-0.2, -0.15) is 5.10 Å². The largest absolute Gasteiger partial charge is 0.399 e. The van der Waals surface area contributed by atoms with Crippen LogP contribution in [0.25, 0.3) is 11.3 Å². The fourth-order valence-electron chi connectivity index (χ4n) is 4.95. The zero-order valence-electron chi connectivity index (χ0n) is 17.3. The highest BCUT2D eigenvalue weighted by molar-refractivity contribution is 5.80. The summed E-state index contributed by atoms with van der Waals surface area (Å²) < 4.78 is 0. The molecular weight excluding hydrogens is 348 g/mol. The topological polar surface area (TPSA) is 75.0 Å². The summed E-state index contributed by atoms with van der Waals surface area (Å²) in [4.78, 5) is 15.3. The van der Waals surface area contributed by atoms with E-state index < -0.39 is 0 Å². The summed E-state index contributed by atoms with van der Waals surface area (Å²) in [6, 6.07) is 5.94. The Balaban J connectivity index is 1.50. The molecule has 5 heteroatoms. The van der Waals surface area contributed by atoms with Gasteiger partial charge in [0.25, 0.3) is 0 Å². The second kappa shape index (κ2) is 7.61. The summed E-state index contributed by atoms with van der Waals surface area (Å²) in [5.74, 6) is 2.05. The molecule has 0 atom stereocenters. The van der Waals surface area contributed by atoms with Gasteiger partial charge >= 0.3 is 0 Å². The van der Waals surface area contributed by atoms with Crippen LogP contribution in [-0.4, -0.2) is 27.5 Å². The van der Waals surface area contributed by atoms with Gasteiger partial charge in [0.2, 0.25) is 5.91 Å². The molecule has 0 radical (unpaired) electrons. The van der Waals surface area contributed by atoms with E-state index in [0.29, 0.717) is 12.5 Å². The molecule has 0 saturated heterocycles. The van der Waals surface area contributed by atoms with Gasteiger partial charge in [-0.1, -0.05) is 19.9 Å². The first kappa shape index (κ1) is 19.0. The van der Waals surface area contributed by atoms with E-state index in [9.17, 15) is 4.79 Å². The van der Waals surface area contributed by atoms with Crippen LogP contribution in [0, 0.1) is 24.7 Å². The second-order valence-corrected chi connectivity index (χ2v) is 8.97. The first-order valence-corrected chi connectivity index (χ1v) is 10.7. The predicted octanol–water partition coefficient (Wildman–Crippen LogP) is 4.31. The third-order valence-corrected chi connectivity index (χ3v) is 6.81. The van der Waals surface area contributed by atoms with Crippen LogP contribution in [0.3, 0.4) is 0 Å². The lowest BCUT2D eigenvalue weighted by Gasteiger charge is -2.35. The molecule has 1 amide bonds. The average molecular weight is 381 g/mol. The predicted molar refractivity (Wildman–Crippen MR) is 113 cm³/mol. The average Bonchev–Trinajstić information content (AvgIpc) is 3.10. The highest BCUT2D eigenvalue weighted by Gasteiger charge is 2.33. The molecule has 0 bridgehead atoms. The number of nitrogens with one attached hydrogen (secondary N) is 1. The number of nitrogen functional groups attached to an aromatic ring is 1. The number of fused-ring (bicyclic) bond motifs is 1. The Bertz CT molecular complexity index is 861. The number of aromatic nitrogens is 2. The van der Waals surface area contributed by atoms with E-state index in [0.717, 1.165) is 60.2 Å². The number of anilines is 1. The Kier molecular flexibility index (Phi) is 5.17. The van der Waals surface area contributed by atoms with Crippen molar-refractivity contribution < 1.29 is 4.79 Å². The van der Waals surface area contributed by atoms with Crippen molar-refractivity contribution in [2.24, 2.45) is 17.8 Å². The molecule has 2 aliphatic rings. The van der Waals surface area contributed by atoms with Crippen molar-refractivity contribution >= 4 is 11.6 Å². The molecule has 0 unspecified atom stereocenters. The molecule has 1 aromatic carbocycles. The number of nitrogens with zero attached hydrogens (tertiary/aromatic N) is 2. The van der Waals surface area contributed by atoms with Crippen LogP contribution in [0.5, 0.6) is 0 Å². The van der Waals surface area contributed by atoms with Crippen LogP contribution in [0.15, 0.2) is 18.2 Å². The maximum atomic E-state index is 13.2. The Morgan fingerprint density at radius 3 is 2.68 bits per heavy atom. The van der Waals surface area contributed by atoms with Crippen molar-refractivity contribution in [2.45, 2.75) is 59.4 Å². The van der Waals surface area contributed by atoms with Gasteiger partial charge in [0.15, 0.2) is 0 Å². The quantitative estimate of drug-likeness (QED) is 0.779. The third-order valence-electron chi connectivity index (χ3n) is 6.81. The summed E-state index contributed by atoms with van der Waals surface area (Å²) in [6.07, 6.45) is 5.31. The summed E-state index contributed by atoms with van der Waals surface area (Å²) >= 11 is 0. The van der Waals surface area contributed by atoms with E-state index >= 15 is 0 Å². The summed E-state index contributed by atoms with van der Waals surface area (Å²) in [6.45, 7) is 8.12. The van der Waals surface area contributed by atoms with Crippen LogP contribution in [-0.2, 0) is 17.8 Å². The van der Waals surface area contributed by atoms with Gasteiger partial charge in [-0.25, -0.2) is 0 Å². The lowest BCUT2D eigenvalue weighted by Crippen LogP contribution is -2.41. The van der Waals surface area contributed by atoms with Crippen LogP contribution in [0.2, 0.25) is 0 Å². The summed E-state index contributed by atoms with van der Waals surface area (Å²) in [7, 11) is 0. The Morgan fingerprint density at radius 1 is 1.25 bits per heavy atom. The fourth-order valence-corrected chi connectivity index (χ4v) is 4.95. The third kappa shape index (κ3) is 3.54. The van der Waals surface area contributed by atoms with E-state index in [2.05, 4.69) is 35.9 Å². The molecule has 1 aromatic heterocycles. The molecule has 2 heterocycles. The molecule has 5 nitrogen and oxygen atoms in total. The molecule has 1 saturated carbocycles. The molecule has 150 valence electrons. The molecule has 1 aliphatic heterocycles. The van der Waals surface area contributed by atoms with E-state index in [1.807, 2.05) is 18.2 Å². The van der Waals surface area contributed by atoms with Gasteiger partial charge < -0.3 is 10.6 Å². The van der Waals surface area contributed by atoms with E-state index in [4.69, 9.17) is 5.73 Å². The molecule has 0 spiro atoms. The number of carbonyl (C=O) groups is 1. The smallest absolute Gasteiger partial charge is 0.225 e. The normalized spacial score (nSPS) is 22.4. The van der Waals surface area contributed by atoms with Gasteiger partial charge in [0.05, 0.1) is 5.69 Å². The van der Waals surface area contributed by atoms with E-state index in [1.54, 1.807) is 0 Å². The molecular formula is C23H32N4O. The van der Waals surface area contributed by atoms with Crippen molar-refractivity contribution in [1.82, 2.24) is 15.1 Å². The first-order chi connectivity index (χ1) is 13.4. The number of hydrogen-bond acceptors (Lipinski definition) is 3. The van der Waals surface area contributed by atoms with Gasteiger partial charge in [-0.3, -0.25) is 9.89 Å². The molecule has 1 aliphatic carbocycles. The number of aryl methyl sites for hydroxylation is 1. The van der Waals surface area contributed by atoms with Crippen molar-refractivity contribution in [3.63, 3.8) is 0 Å². The Morgan fingerprint density at radius 2 is 2.00 bits per heavy atom. The highest BCUT2D eigenvalue weighted by Crippen LogP contribution is 2.36. The minimum atomic E-state index is 0.199. The molecule has 2 aromatic rings. The summed E-state index contributed by atoms with van der Waals surface area (Å²) in [5, 5.41) is 7.79. The van der Waals surface area contributed by atoms with Gasteiger partial charge in [0.1, 0.15) is 0 Å². The Hall–Kier alpha value is -2.30. The maximum Gasteiger partial charge on any atom is 0.225 e. The van der Waals surface area contributed by atoms with Crippen LogP contribution >= 0.6 is 0 Å². The van der Waals surface area contributed by atoms with Crippen LogP contribution in [0.4, 0.5) is 5.69 Å². The minimum Gasteiger partial charge on any atom is -0.399 e. The van der Waals surface area contributed by atoms with Gasteiger partial charge in [0, 0.05) is 47.9 Å². The maximum absolute atomic E-state index is 13.2. The monoisotopic (exact) mass is 380 g/mol. The van der Waals surface area contributed by atoms with Gasteiger partial charge in [-0.15, -0.1) is 0 Å². The first-order valence-electron chi connectivity index (χ1n) is 10.7. The number of amides is 1. The highest BCUT2D eigenvalue weighted by atomic mass is 16.2. The standard InChI is InChI=1S/C23H32N4O/c1-14(2)16-4-6-17(7-5-16)23(28)27-11-10-21-20(13-27)22(26-25-21)19-9-8-18(24)12-15(19)3/h8-9,12,14,16-17H,4-7,10-11,13,24H2,1-3H3,(H,25,26). The van der Waals surface area contributed by atoms with E-state index in [-0.39, 0.29) is 5.92 Å². The molecule has 1 fully saturated rings. The molecule has 3 N–H and O–H groups in total. The number of nitrogens with two attached hydrogens (primary N) is 1. The fraction of sp³-hybridized carbons (Fsp3) is 0.565. The summed E-state index contributed by atoms with van der Waals surface area (Å²) in [5.41, 5.74) is 12.2. The second-order valence-electron chi connectivity index (χ2n) is 8.97. The number of aromatic amines is 1. The number of benzene rings is 1. The van der Waals surface area contributed by atoms with Crippen molar-refractivity contribution in [3.8, 4) is 11.3 Å². The lowest BCUT2D eigenvalue weighted by molar-refractivity contribution is -0.138. The minimum absolute atomic E-state index is 0.199. The molecule has 28 heavy (non-hydrogen) atoms. The van der Waals surface area contributed by atoms with Crippen LogP contribution < -0.4 is 5.73 Å². The van der Waals surface area contributed by atoms with Crippen molar-refractivity contribution in [3.05, 3.63) is 35.0 Å². The van der Waals surface area contributed by atoms with Crippen molar-refractivity contribution in [2.75, 3.05) is 12.3 Å². The lowest BCUT2D eigenvalue weighted by atomic mass is 9.76. The molecule has 4 rings (SSSR count). The SMILES string of the molecule is Cc1cc(N)ccc1-c1n[nH]c2c1CN(C(=O)C1CCC(C(C)C)CC1)CC2. The number of hydrogen-bond donors (Lipinski definition) is 2. The van der Waals surface area contributed by atoms with Crippen molar-refractivity contribution in [1.29, 1.82) is 0 Å².